The van der Waals surface area contributed by atoms with Gasteiger partial charge in [0.2, 0.25) is 11.8 Å². The van der Waals surface area contributed by atoms with Crippen molar-refractivity contribution in [2.24, 2.45) is 0 Å². The summed E-state index contributed by atoms with van der Waals surface area (Å²) in [5.41, 5.74) is 1.42. The fraction of sp³-hybridized carbons (Fsp3) is 0.444. The first-order chi connectivity index (χ1) is 12.5. The summed E-state index contributed by atoms with van der Waals surface area (Å²) in [6.07, 6.45) is 1.11. The van der Waals surface area contributed by atoms with Crippen molar-refractivity contribution in [2.45, 2.75) is 18.9 Å². The van der Waals surface area contributed by atoms with Crippen LogP contribution in [0.15, 0.2) is 18.2 Å². The van der Waals surface area contributed by atoms with Crippen LogP contribution in [0.3, 0.4) is 0 Å². The number of rotatable bonds is 4. The number of piperazine rings is 1. The Morgan fingerprint density at radius 1 is 1.27 bits per heavy atom. The molecule has 2 N–H and O–H groups in total. The number of aldehydes is 1. The minimum absolute atomic E-state index is 0.190. The molecule has 2 fully saturated rings. The average molecular weight is 358 g/mol. The third-order valence-corrected chi connectivity index (χ3v) is 4.87. The summed E-state index contributed by atoms with van der Waals surface area (Å²) in [5.74, 6) is -1.22. The summed E-state index contributed by atoms with van der Waals surface area (Å²) in [7, 11) is 1.52. The van der Waals surface area contributed by atoms with Gasteiger partial charge in [0.15, 0.2) is 6.29 Å². The number of benzene rings is 1. The Bertz CT molecular complexity index is 743. The molecule has 8 heteroatoms. The van der Waals surface area contributed by atoms with E-state index in [9.17, 15) is 19.2 Å². The smallest absolute Gasteiger partial charge is 0.255 e. The summed E-state index contributed by atoms with van der Waals surface area (Å²) in [6, 6.07) is 4.45. The van der Waals surface area contributed by atoms with Gasteiger partial charge >= 0.3 is 0 Å². The Kier molecular flexibility index (Phi) is 5.32. The van der Waals surface area contributed by atoms with E-state index in [0.29, 0.717) is 6.29 Å². The van der Waals surface area contributed by atoms with Crippen LogP contribution in [0.2, 0.25) is 0 Å². The summed E-state index contributed by atoms with van der Waals surface area (Å²) in [6.45, 7) is 3.35. The Labute approximate surface area is 151 Å². The van der Waals surface area contributed by atoms with E-state index in [1.165, 1.54) is 11.9 Å². The molecule has 0 aromatic heterocycles. The van der Waals surface area contributed by atoms with Gasteiger partial charge in [0.25, 0.3) is 5.91 Å². The summed E-state index contributed by atoms with van der Waals surface area (Å²) < 4.78 is 0. The van der Waals surface area contributed by atoms with Crippen LogP contribution in [-0.4, -0.2) is 68.2 Å². The maximum atomic E-state index is 13.0. The first-order valence-corrected chi connectivity index (χ1v) is 8.67. The van der Waals surface area contributed by atoms with Crippen molar-refractivity contribution in [2.75, 3.05) is 38.1 Å². The molecule has 0 saturated carbocycles. The SMILES string of the molecule is CN(C(=O)c1cc(N2CCNCC2)ccc1C=O)C1CCC(=O)NC1=O. The number of nitrogens with one attached hydrogen (secondary N) is 2. The van der Waals surface area contributed by atoms with Crippen LogP contribution in [0.25, 0.3) is 0 Å². The zero-order valence-corrected chi connectivity index (χ0v) is 14.7. The number of hydrogen-bond acceptors (Lipinski definition) is 6. The molecule has 26 heavy (non-hydrogen) atoms. The summed E-state index contributed by atoms with van der Waals surface area (Å²) >= 11 is 0. The monoisotopic (exact) mass is 358 g/mol. The highest BCUT2D eigenvalue weighted by molar-refractivity contribution is 6.06. The Morgan fingerprint density at radius 2 is 2.00 bits per heavy atom. The van der Waals surface area contributed by atoms with Crippen molar-refractivity contribution in [3.05, 3.63) is 29.3 Å². The highest BCUT2D eigenvalue weighted by Crippen LogP contribution is 2.22. The molecule has 0 radical (unpaired) electrons. The summed E-state index contributed by atoms with van der Waals surface area (Å²) in [5, 5.41) is 5.52. The fourth-order valence-electron chi connectivity index (χ4n) is 3.34. The van der Waals surface area contributed by atoms with Crippen LogP contribution < -0.4 is 15.5 Å². The molecule has 2 heterocycles. The molecule has 3 amide bonds. The number of likely N-dealkylation sites (N-methyl/N-ethyl adjacent to an activating group) is 1. The molecule has 1 unspecified atom stereocenters. The number of amides is 3. The van der Waals surface area contributed by atoms with E-state index in [1.54, 1.807) is 12.1 Å². The van der Waals surface area contributed by atoms with E-state index in [0.717, 1.165) is 31.9 Å². The first kappa shape index (κ1) is 18.1. The second-order valence-corrected chi connectivity index (χ2v) is 6.51. The molecule has 138 valence electrons. The van der Waals surface area contributed by atoms with E-state index >= 15 is 0 Å². The largest absolute Gasteiger partial charge is 0.369 e. The van der Waals surface area contributed by atoms with Gasteiger partial charge < -0.3 is 15.1 Å². The van der Waals surface area contributed by atoms with Crippen LogP contribution in [-0.2, 0) is 9.59 Å². The van der Waals surface area contributed by atoms with Gasteiger partial charge in [0.05, 0.1) is 5.56 Å². The predicted molar refractivity (Wildman–Crippen MR) is 95.2 cm³/mol. The molecule has 3 rings (SSSR count). The van der Waals surface area contributed by atoms with Gasteiger partial charge in [-0.1, -0.05) is 0 Å². The van der Waals surface area contributed by atoms with Crippen molar-refractivity contribution >= 4 is 29.7 Å². The van der Waals surface area contributed by atoms with Crippen molar-refractivity contribution in [1.82, 2.24) is 15.5 Å². The van der Waals surface area contributed by atoms with Gasteiger partial charge in [-0.15, -0.1) is 0 Å². The third kappa shape index (κ3) is 3.60. The molecule has 1 atom stereocenters. The number of piperidine rings is 1. The molecule has 0 bridgehead atoms. The van der Waals surface area contributed by atoms with Gasteiger partial charge in [0, 0.05) is 50.9 Å². The molecular formula is C18H22N4O4. The zero-order valence-electron chi connectivity index (χ0n) is 14.7. The Hall–Kier alpha value is -2.74. The van der Waals surface area contributed by atoms with Crippen molar-refractivity contribution in [3.63, 3.8) is 0 Å². The second-order valence-electron chi connectivity index (χ2n) is 6.51. The predicted octanol–water partition coefficient (Wildman–Crippen LogP) is -0.214. The molecular weight excluding hydrogens is 336 g/mol. The number of nitrogens with zero attached hydrogens (tertiary/aromatic N) is 2. The number of carbonyl (C=O) groups is 4. The lowest BCUT2D eigenvalue weighted by atomic mass is 10.0. The van der Waals surface area contributed by atoms with Crippen molar-refractivity contribution < 1.29 is 19.2 Å². The normalized spacial score (nSPS) is 20.5. The van der Waals surface area contributed by atoms with E-state index in [4.69, 9.17) is 0 Å². The maximum absolute atomic E-state index is 13.0. The minimum atomic E-state index is -0.720. The lowest BCUT2D eigenvalue weighted by Gasteiger charge is -2.31. The van der Waals surface area contributed by atoms with Gasteiger partial charge in [0.1, 0.15) is 6.04 Å². The van der Waals surface area contributed by atoms with E-state index in [-0.39, 0.29) is 29.9 Å². The van der Waals surface area contributed by atoms with E-state index in [2.05, 4.69) is 15.5 Å². The van der Waals surface area contributed by atoms with Gasteiger partial charge in [-0.2, -0.15) is 0 Å². The topological polar surface area (TPSA) is 98.8 Å². The van der Waals surface area contributed by atoms with Gasteiger partial charge in [-0.3, -0.25) is 24.5 Å². The summed E-state index contributed by atoms with van der Waals surface area (Å²) in [4.78, 5) is 51.2. The van der Waals surface area contributed by atoms with E-state index in [1.807, 2.05) is 6.07 Å². The molecule has 1 aromatic rings. The Morgan fingerprint density at radius 3 is 2.65 bits per heavy atom. The van der Waals surface area contributed by atoms with Crippen LogP contribution in [0, 0.1) is 0 Å². The third-order valence-electron chi connectivity index (χ3n) is 4.87. The van der Waals surface area contributed by atoms with Gasteiger partial charge in [-0.05, 0) is 24.6 Å². The van der Waals surface area contributed by atoms with E-state index < -0.39 is 17.9 Å². The molecule has 0 spiro atoms. The number of anilines is 1. The van der Waals surface area contributed by atoms with Crippen molar-refractivity contribution in [1.29, 1.82) is 0 Å². The molecule has 1 aromatic carbocycles. The highest BCUT2D eigenvalue weighted by atomic mass is 16.2. The number of imide groups is 1. The first-order valence-electron chi connectivity index (χ1n) is 8.67. The molecule has 0 aliphatic carbocycles. The second kappa shape index (κ2) is 7.65. The van der Waals surface area contributed by atoms with Crippen LogP contribution in [0.5, 0.6) is 0 Å². The molecule has 2 aliphatic rings. The highest BCUT2D eigenvalue weighted by Gasteiger charge is 2.33. The number of hydrogen-bond donors (Lipinski definition) is 2. The maximum Gasteiger partial charge on any atom is 0.255 e. The van der Waals surface area contributed by atoms with Crippen LogP contribution in [0.1, 0.15) is 33.6 Å². The fourth-order valence-corrected chi connectivity index (χ4v) is 3.34. The number of carbonyl (C=O) groups excluding carboxylic acids is 4. The standard InChI is InChI=1S/C18H22N4O4/c1-21(15-4-5-16(24)20-17(15)25)18(26)14-10-13(3-2-12(14)11-23)22-8-6-19-7-9-22/h2-3,10-11,15,19H,4-9H2,1H3,(H,20,24,25). The minimum Gasteiger partial charge on any atom is -0.369 e. The van der Waals surface area contributed by atoms with Gasteiger partial charge in [-0.25, -0.2) is 0 Å². The lowest BCUT2D eigenvalue weighted by molar-refractivity contribution is -0.136. The van der Waals surface area contributed by atoms with Crippen molar-refractivity contribution in [3.8, 4) is 0 Å². The molecule has 2 saturated heterocycles. The quantitative estimate of drug-likeness (QED) is 0.571. The molecule has 8 nitrogen and oxygen atoms in total. The van der Waals surface area contributed by atoms with Crippen LogP contribution in [0.4, 0.5) is 5.69 Å². The zero-order chi connectivity index (χ0) is 18.7. The molecule has 2 aliphatic heterocycles. The average Bonchev–Trinajstić information content (AvgIpc) is 2.67. The Balaban J connectivity index is 1.86. The lowest BCUT2D eigenvalue weighted by Crippen LogP contribution is -2.53. The van der Waals surface area contributed by atoms with Crippen LogP contribution >= 0.6 is 0 Å².